The smallest absolute Gasteiger partial charge is 0.186 e. The molecule has 2 aromatic carbocycles. The van der Waals surface area contributed by atoms with Crippen LogP contribution in [0, 0.1) is 17.5 Å². The van der Waals surface area contributed by atoms with E-state index in [-0.39, 0.29) is 17.7 Å². The van der Waals surface area contributed by atoms with E-state index in [1.807, 2.05) is 0 Å². The third kappa shape index (κ3) is 3.22. The zero-order valence-corrected chi connectivity index (χ0v) is 15.5. The quantitative estimate of drug-likeness (QED) is 0.327. The van der Waals surface area contributed by atoms with Crippen molar-refractivity contribution in [3.63, 3.8) is 0 Å². The molecule has 1 saturated heterocycles. The summed E-state index contributed by atoms with van der Waals surface area (Å²) in [4.78, 5) is 4.18. The molecule has 0 bridgehead atoms. The van der Waals surface area contributed by atoms with E-state index in [9.17, 15) is 13.2 Å². The molecule has 4 rings (SSSR count). The average Bonchev–Trinajstić information content (AvgIpc) is 3.23. The summed E-state index contributed by atoms with van der Waals surface area (Å²) in [6.45, 7) is 3.73. The fraction of sp³-hybridized carbons (Fsp3) is 0.200. The van der Waals surface area contributed by atoms with Gasteiger partial charge in [0.15, 0.2) is 16.8 Å². The lowest BCUT2D eigenvalue weighted by molar-refractivity contribution is 0.248. The fourth-order valence-electron chi connectivity index (χ4n) is 3.25. The van der Waals surface area contributed by atoms with Gasteiger partial charge in [0.1, 0.15) is 23.8 Å². The second-order valence-electron chi connectivity index (χ2n) is 6.31. The lowest BCUT2D eigenvalue weighted by Gasteiger charge is -2.16. The summed E-state index contributed by atoms with van der Waals surface area (Å²) in [6.07, 6.45) is 2.33. The lowest BCUT2D eigenvalue weighted by Crippen LogP contribution is -2.22. The van der Waals surface area contributed by atoms with E-state index in [1.165, 1.54) is 36.3 Å². The topological polar surface area (TPSA) is 43.2 Å². The summed E-state index contributed by atoms with van der Waals surface area (Å²) in [5.74, 6) is -1.86. The van der Waals surface area contributed by atoms with Crippen LogP contribution < -0.4 is 0 Å². The number of hydrogen-bond donors (Lipinski definition) is 0. The van der Waals surface area contributed by atoms with E-state index < -0.39 is 29.2 Å². The molecule has 0 aliphatic carbocycles. The zero-order valence-electron chi connectivity index (χ0n) is 14.7. The van der Waals surface area contributed by atoms with Crippen molar-refractivity contribution in [1.29, 1.82) is 0 Å². The van der Waals surface area contributed by atoms with Gasteiger partial charge in [0.25, 0.3) is 0 Å². The molecule has 3 aromatic rings. The number of hydrogen-bond acceptors (Lipinski definition) is 4. The maximum atomic E-state index is 14.6. The molecular weight excluding hydrogens is 387 g/mol. The van der Waals surface area contributed by atoms with Crippen molar-refractivity contribution in [1.82, 2.24) is 14.8 Å². The van der Waals surface area contributed by atoms with E-state index >= 15 is 0 Å². The molecule has 2 unspecified atom stereocenters. The Kier molecular flexibility index (Phi) is 4.99. The second-order valence-corrected chi connectivity index (χ2v) is 7.30. The van der Waals surface area contributed by atoms with Crippen molar-refractivity contribution >= 4 is 11.8 Å². The Bertz CT molecular complexity index is 1030. The minimum Gasteiger partial charge on any atom is -0.354 e. The van der Waals surface area contributed by atoms with Crippen LogP contribution in [0.5, 0.6) is 0 Å². The van der Waals surface area contributed by atoms with Gasteiger partial charge >= 0.3 is 0 Å². The molecule has 0 N–H and O–H groups in total. The average molecular weight is 403 g/mol. The predicted octanol–water partition coefficient (Wildman–Crippen LogP) is 4.64. The van der Waals surface area contributed by atoms with Gasteiger partial charge in [-0.25, -0.2) is 22.8 Å². The number of aromatic nitrogens is 3. The van der Waals surface area contributed by atoms with Crippen LogP contribution in [-0.2, 0) is 16.9 Å². The standard InChI is InChI=1S/C20H16F3N3OS/c1-2-10-28-19-24-12-25-26(19)11-20(14-7-5-9-16(22)17(14)23)18(27-20)13-6-3-4-8-15(13)21/h2-9,12,18H,1,10-11H2. The first-order valence-electron chi connectivity index (χ1n) is 8.55. The Morgan fingerprint density at radius 1 is 1.14 bits per heavy atom. The number of benzene rings is 2. The third-order valence-corrected chi connectivity index (χ3v) is 5.56. The van der Waals surface area contributed by atoms with E-state index in [2.05, 4.69) is 16.7 Å². The Morgan fingerprint density at radius 2 is 1.93 bits per heavy atom. The second kappa shape index (κ2) is 7.44. The van der Waals surface area contributed by atoms with Crippen molar-refractivity contribution in [3.8, 4) is 0 Å². The molecule has 1 aliphatic rings. The van der Waals surface area contributed by atoms with Crippen molar-refractivity contribution in [2.24, 2.45) is 0 Å². The van der Waals surface area contributed by atoms with E-state index in [1.54, 1.807) is 29.0 Å². The van der Waals surface area contributed by atoms with Crippen molar-refractivity contribution < 1.29 is 17.9 Å². The van der Waals surface area contributed by atoms with Crippen LogP contribution in [0.3, 0.4) is 0 Å². The summed E-state index contributed by atoms with van der Waals surface area (Å²) in [5.41, 5.74) is -0.978. The van der Waals surface area contributed by atoms with Crippen LogP contribution in [0.4, 0.5) is 13.2 Å². The van der Waals surface area contributed by atoms with Crippen LogP contribution in [0.1, 0.15) is 17.2 Å². The molecule has 1 fully saturated rings. The zero-order chi connectivity index (χ0) is 19.7. The van der Waals surface area contributed by atoms with Crippen molar-refractivity contribution in [2.45, 2.75) is 23.4 Å². The normalized spacial score (nSPS) is 20.9. The number of thioether (sulfide) groups is 1. The first kappa shape index (κ1) is 18.8. The largest absolute Gasteiger partial charge is 0.354 e. The van der Waals surface area contributed by atoms with Crippen molar-refractivity contribution in [2.75, 3.05) is 5.75 Å². The first-order valence-corrected chi connectivity index (χ1v) is 9.53. The lowest BCUT2D eigenvalue weighted by atomic mass is 9.91. The molecule has 28 heavy (non-hydrogen) atoms. The third-order valence-electron chi connectivity index (χ3n) is 4.58. The Balaban J connectivity index is 1.76. The highest BCUT2D eigenvalue weighted by Gasteiger charge is 2.61. The SMILES string of the molecule is C=CCSc1ncnn1CC1(c2cccc(F)c2F)OC1c1ccccc1F. The van der Waals surface area contributed by atoms with Crippen LogP contribution in [0.2, 0.25) is 0 Å². The van der Waals surface area contributed by atoms with E-state index in [0.717, 1.165) is 6.07 Å². The molecule has 2 heterocycles. The van der Waals surface area contributed by atoms with Gasteiger partial charge < -0.3 is 4.74 Å². The molecule has 1 aliphatic heterocycles. The minimum atomic E-state index is -1.29. The highest BCUT2D eigenvalue weighted by atomic mass is 32.2. The molecular formula is C20H16F3N3OS. The van der Waals surface area contributed by atoms with Crippen LogP contribution in [0.15, 0.2) is 66.6 Å². The molecule has 0 spiro atoms. The predicted molar refractivity (Wildman–Crippen MR) is 99.2 cm³/mol. The maximum Gasteiger partial charge on any atom is 0.186 e. The minimum absolute atomic E-state index is 0.0240. The molecule has 0 saturated carbocycles. The van der Waals surface area contributed by atoms with Gasteiger partial charge in [-0.1, -0.05) is 48.2 Å². The summed E-state index contributed by atoms with van der Waals surface area (Å²) in [6, 6.07) is 10.0. The summed E-state index contributed by atoms with van der Waals surface area (Å²) in [7, 11) is 0. The molecule has 2 atom stereocenters. The van der Waals surface area contributed by atoms with Gasteiger partial charge in [0.05, 0.1) is 6.54 Å². The number of nitrogens with zero attached hydrogens (tertiary/aromatic N) is 3. The highest BCUT2D eigenvalue weighted by Crippen LogP contribution is 2.59. The van der Waals surface area contributed by atoms with Crippen molar-refractivity contribution in [3.05, 3.63) is 90.0 Å². The Labute approximate surface area is 164 Å². The summed E-state index contributed by atoms with van der Waals surface area (Å²) in [5, 5.41) is 4.77. The molecule has 144 valence electrons. The van der Waals surface area contributed by atoms with Gasteiger partial charge in [0.2, 0.25) is 0 Å². The molecule has 0 amide bonds. The molecule has 0 radical (unpaired) electrons. The van der Waals surface area contributed by atoms with Crippen LogP contribution in [0.25, 0.3) is 0 Å². The van der Waals surface area contributed by atoms with Crippen LogP contribution in [-0.4, -0.2) is 20.5 Å². The molecule has 8 heteroatoms. The van der Waals surface area contributed by atoms with Gasteiger partial charge in [-0.15, -0.1) is 6.58 Å². The monoisotopic (exact) mass is 403 g/mol. The number of rotatable bonds is 7. The first-order chi connectivity index (χ1) is 13.6. The van der Waals surface area contributed by atoms with Gasteiger partial charge in [-0.05, 0) is 12.1 Å². The number of halogens is 3. The van der Waals surface area contributed by atoms with Gasteiger partial charge in [-0.2, -0.15) is 5.10 Å². The molecule has 1 aromatic heterocycles. The Hall–Kier alpha value is -2.58. The highest BCUT2D eigenvalue weighted by molar-refractivity contribution is 7.99. The summed E-state index contributed by atoms with van der Waals surface area (Å²) >= 11 is 1.40. The number of epoxide rings is 1. The van der Waals surface area contributed by atoms with E-state index in [4.69, 9.17) is 4.74 Å². The van der Waals surface area contributed by atoms with E-state index in [0.29, 0.717) is 10.9 Å². The van der Waals surface area contributed by atoms with Crippen LogP contribution >= 0.6 is 11.8 Å². The maximum absolute atomic E-state index is 14.6. The molecule has 4 nitrogen and oxygen atoms in total. The number of ether oxygens (including phenoxy) is 1. The summed E-state index contributed by atoms with van der Waals surface area (Å²) < 4.78 is 50.3. The fourth-order valence-corrected chi connectivity index (χ4v) is 3.90. The van der Waals surface area contributed by atoms with Gasteiger partial charge in [-0.3, -0.25) is 0 Å². The Morgan fingerprint density at radius 3 is 2.71 bits per heavy atom. The van der Waals surface area contributed by atoms with Gasteiger partial charge in [0, 0.05) is 16.9 Å².